The van der Waals surface area contributed by atoms with Crippen molar-refractivity contribution in [1.29, 1.82) is 0 Å². The molecule has 1 unspecified atom stereocenters. The van der Waals surface area contributed by atoms with Crippen LogP contribution in [0.15, 0.2) is 30.6 Å². The molecule has 0 amide bonds. The van der Waals surface area contributed by atoms with Crippen LogP contribution in [0.4, 0.5) is 0 Å². The van der Waals surface area contributed by atoms with Crippen LogP contribution in [-0.4, -0.2) is 20.6 Å². The Morgan fingerprint density at radius 3 is 2.45 bits per heavy atom. The summed E-state index contributed by atoms with van der Waals surface area (Å²) in [6.45, 7) is 6.34. The Morgan fingerprint density at radius 1 is 1.15 bits per heavy atom. The van der Waals surface area contributed by atoms with E-state index >= 15 is 0 Å². The summed E-state index contributed by atoms with van der Waals surface area (Å²) in [7, 11) is 0. The molecule has 0 aliphatic heterocycles. The molecular weight excluding hydrogens is 270 g/mol. The van der Waals surface area contributed by atoms with Crippen molar-refractivity contribution in [3.05, 3.63) is 47.5 Å². The van der Waals surface area contributed by atoms with E-state index in [1.54, 1.807) is 6.33 Å². The van der Waals surface area contributed by atoms with Gasteiger partial charge in [0.1, 0.15) is 12.2 Å². The van der Waals surface area contributed by atoms with Gasteiger partial charge >= 0.3 is 0 Å². The van der Waals surface area contributed by atoms with E-state index in [-0.39, 0.29) is 0 Å². The van der Waals surface area contributed by atoms with Gasteiger partial charge in [0.2, 0.25) is 0 Å². The highest BCUT2D eigenvalue weighted by molar-refractivity contribution is 6.18. The van der Waals surface area contributed by atoms with E-state index in [1.165, 1.54) is 11.1 Å². The minimum Gasteiger partial charge on any atom is -0.248 e. The third kappa shape index (κ3) is 3.83. The fraction of sp³-hybridized carbons (Fsp3) is 0.500. The molecule has 0 bridgehead atoms. The quantitative estimate of drug-likeness (QED) is 0.758. The molecular formula is C16H22ClN3. The molecule has 1 atom stereocenters. The van der Waals surface area contributed by atoms with Crippen molar-refractivity contribution in [2.45, 2.75) is 39.7 Å². The number of aromatic nitrogens is 3. The van der Waals surface area contributed by atoms with Crippen molar-refractivity contribution >= 4 is 11.6 Å². The van der Waals surface area contributed by atoms with Crippen LogP contribution in [0.2, 0.25) is 0 Å². The first-order chi connectivity index (χ1) is 9.60. The monoisotopic (exact) mass is 291 g/mol. The molecule has 0 fully saturated rings. The summed E-state index contributed by atoms with van der Waals surface area (Å²) >= 11 is 6.14. The maximum absolute atomic E-state index is 6.14. The maximum Gasteiger partial charge on any atom is 0.138 e. The van der Waals surface area contributed by atoms with Gasteiger partial charge in [0.25, 0.3) is 0 Å². The highest BCUT2D eigenvalue weighted by Crippen LogP contribution is 2.17. The molecule has 3 nitrogen and oxygen atoms in total. The standard InChI is InChI=1S/C16H22ClN3/c1-12(2)20-16(18-11-19-20)9-15(10-17)8-14-6-4-13(3)5-7-14/h4-7,11-12,15H,8-10H2,1-3H3. The van der Waals surface area contributed by atoms with Crippen LogP contribution < -0.4 is 0 Å². The summed E-state index contributed by atoms with van der Waals surface area (Å²) in [5.41, 5.74) is 2.62. The molecule has 0 saturated heterocycles. The smallest absolute Gasteiger partial charge is 0.138 e. The number of nitrogens with zero attached hydrogens (tertiary/aromatic N) is 3. The van der Waals surface area contributed by atoms with E-state index in [1.807, 2.05) is 4.68 Å². The lowest BCUT2D eigenvalue weighted by molar-refractivity contribution is 0.472. The summed E-state index contributed by atoms with van der Waals surface area (Å²) < 4.78 is 1.98. The Bertz CT molecular complexity index is 531. The molecule has 0 saturated carbocycles. The van der Waals surface area contributed by atoms with Gasteiger partial charge in [-0.25, -0.2) is 9.67 Å². The van der Waals surface area contributed by atoms with Gasteiger partial charge in [0.05, 0.1) is 0 Å². The summed E-state index contributed by atoms with van der Waals surface area (Å²) in [5, 5.41) is 4.28. The van der Waals surface area contributed by atoms with Crippen LogP contribution in [-0.2, 0) is 12.8 Å². The first-order valence-corrected chi connectivity index (χ1v) is 7.63. The normalized spacial score (nSPS) is 12.8. The zero-order valence-corrected chi connectivity index (χ0v) is 13.1. The number of hydrogen-bond donors (Lipinski definition) is 0. The molecule has 1 heterocycles. The fourth-order valence-corrected chi connectivity index (χ4v) is 2.57. The van der Waals surface area contributed by atoms with Crippen molar-refractivity contribution in [2.24, 2.45) is 5.92 Å². The lowest BCUT2D eigenvalue weighted by atomic mass is 9.97. The number of halogens is 1. The molecule has 2 aromatic rings. The van der Waals surface area contributed by atoms with E-state index in [2.05, 4.69) is 55.1 Å². The third-order valence-electron chi connectivity index (χ3n) is 3.47. The molecule has 2 rings (SSSR count). The third-order valence-corrected chi connectivity index (χ3v) is 3.91. The van der Waals surface area contributed by atoms with E-state index in [4.69, 9.17) is 11.6 Å². The molecule has 0 N–H and O–H groups in total. The van der Waals surface area contributed by atoms with Gasteiger partial charge in [0.15, 0.2) is 0 Å². The second-order valence-electron chi connectivity index (χ2n) is 5.63. The highest BCUT2D eigenvalue weighted by atomic mass is 35.5. The molecule has 0 spiro atoms. The molecule has 20 heavy (non-hydrogen) atoms. The van der Waals surface area contributed by atoms with Gasteiger partial charge in [-0.1, -0.05) is 29.8 Å². The van der Waals surface area contributed by atoms with E-state index in [9.17, 15) is 0 Å². The predicted molar refractivity (Wildman–Crippen MR) is 83.2 cm³/mol. The molecule has 0 radical (unpaired) electrons. The minimum absolute atomic E-state index is 0.336. The van der Waals surface area contributed by atoms with E-state index in [0.717, 1.165) is 18.7 Å². The zero-order valence-electron chi connectivity index (χ0n) is 12.4. The van der Waals surface area contributed by atoms with Gasteiger partial charge < -0.3 is 0 Å². The SMILES string of the molecule is Cc1ccc(CC(CCl)Cc2ncnn2C(C)C)cc1. The van der Waals surface area contributed by atoms with Crippen LogP contribution >= 0.6 is 11.6 Å². The Hall–Kier alpha value is -1.35. The highest BCUT2D eigenvalue weighted by Gasteiger charge is 2.15. The van der Waals surface area contributed by atoms with Crippen LogP contribution in [0, 0.1) is 12.8 Å². The van der Waals surface area contributed by atoms with Crippen molar-refractivity contribution < 1.29 is 0 Å². The average Bonchev–Trinajstić information content (AvgIpc) is 2.88. The number of hydrogen-bond acceptors (Lipinski definition) is 2. The van der Waals surface area contributed by atoms with Crippen molar-refractivity contribution in [3.63, 3.8) is 0 Å². The van der Waals surface area contributed by atoms with Crippen LogP contribution in [0.25, 0.3) is 0 Å². The van der Waals surface area contributed by atoms with Crippen molar-refractivity contribution in [2.75, 3.05) is 5.88 Å². The molecule has 0 aliphatic rings. The van der Waals surface area contributed by atoms with Gasteiger partial charge in [-0.05, 0) is 38.7 Å². The summed E-state index contributed by atoms with van der Waals surface area (Å²) in [5.74, 6) is 2.05. The van der Waals surface area contributed by atoms with Crippen molar-refractivity contribution in [1.82, 2.24) is 14.8 Å². The predicted octanol–water partition coefficient (Wildman–Crippen LogP) is 3.81. The lowest BCUT2D eigenvalue weighted by Gasteiger charge is -2.16. The van der Waals surface area contributed by atoms with Crippen LogP contribution in [0.1, 0.15) is 36.8 Å². The first kappa shape index (κ1) is 15.0. The number of benzene rings is 1. The molecule has 1 aromatic heterocycles. The Labute approximate surface area is 126 Å². The topological polar surface area (TPSA) is 30.7 Å². The van der Waals surface area contributed by atoms with Gasteiger partial charge in [-0.2, -0.15) is 5.10 Å². The molecule has 0 aliphatic carbocycles. The van der Waals surface area contributed by atoms with Gasteiger partial charge in [-0.15, -0.1) is 11.6 Å². The molecule has 1 aromatic carbocycles. The minimum atomic E-state index is 0.336. The largest absolute Gasteiger partial charge is 0.248 e. The summed E-state index contributed by atoms with van der Waals surface area (Å²) in [6, 6.07) is 9.00. The lowest BCUT2D eigenvalue weighted by Crippen LogP contribution is -2.16. The Morgan fingerprint density at radius 2 is 1.85 bits per heavy atom. The molecule has 108 valence electrons. The zero-order chi connectivity index (χ0) is 14.5. The Balaban J connectivity index is 2.05. The number of aryl methyl sites for hydroxylation is 1. The molecule has 4 heteroatoms. The van der Waals surface area contributed by atoms with Crippen LogP contribution in [0.5, 0.6) is 0 Å². The maximum atomic E-state index is 6.14. The fourth-order valence-electron chi connectivity index (χ4n) is 2.35. The Kier molecular flexibility index (Phi) is 5.18. The summed E-state index contributed by atoms with van der Waals surface area (Å²) in [4.78, 5) is 4.37. The number of rotatable bonds is 6. The van der Waals surface area contributed by atoms with Gasteiger partial charge in [0, 0.05) is 18.3 Å². The second kappa shape index (κ2) is 6.89. The van der Waals surface area contributed by atoms with E-state index < -0.39 is 0 Å². The van der Waals surface area contributed by atoms with Gasteiger partial charge in [-0.3, -0.25) is 0 Å². The van der Waals surface area contributed by atoms with E-state index in [0.29, 0.717) is 17.8 Å². The summed E-state index contributed by atoms with van der Waals surface area (Å²) in [6.07, 6.45) is 3.48. The number of alkyl halides is 1. The second-order valence-corrected chi connectivity index (χ2v) is 5.94. The first-order valence-electron chi connectivity index (χ1n) is 7.10. The van der Waals surface area contributed by atoms with Crippen LogP contribution in [0.3, 0.4) is 0 Å². The van der Waals surface area contributed by atoms with Crippen molar-refractivity contribution in [3.8, 4) is 0 Å². The average molecular weight is 292 g/mol.